The molecule has 2 aliphatic heterocycles. The van der Waals surface area contributed by atoms with E-state index in [4.69, 9.17) is 4.74 Å². The van der Waals surface area contributed by atoms with Crippen LogP contribution in [-0.2, 0) is 14.3 Å². The van der Waals surface area contributed by atoms with Gasteiger partial charge >= 0.3 is 18.4 Å². The van der Waals surface area contributed by atoms with Crippen LogP contribution in [0.25, 0.3) is 11.0 Å². The molecule has 2 fully saturated rings. The number of benzene rings is 1. The molecule has 0 radical (unpaired) electrons. The fourth-order valence-corrected chi connectivity index (χ4v) is 4.08. The molecule has 2 amide bonds. The molecule has 4 rings (SSSR count). The number of ether oxygens (including phenoxy) is 1. The third-order valence-electron chi connectivity index (χ3n) is 5.82. The maximum atomic E-state index is 13.8. The van der Waals surface area contributed by atoms with Crippen molar-refractivity contribution in [2.75, 3.05) is 52.5 Å². The lowest BCUT2D eigenvalue weighted by Crippen LogP contribution is -2.55. The van der Waals surface area contributed by atoms with E-state index in [1.54, 1.807) is 24.3 Å². The van der Waals surface area contributed by atoms with Crippen LogP contribution < -0.4 is 0 Å². The summed E-state index contributed by atoms with van der Waals surface area (Å²) in [6.07, 6.45) is 0. The Kier molecular flexibility index (Phi) is 5.96. The van der Waals surface area contributed by atoms with Crippen LogP contribution in [-0.4, -0.2) is 88.5 Å². The van der Waals surface area contributed by atoms with Crippen molar-refractivity contribution in [3.05, 3.63) is 30.1 Å². The number of piperazine rings is 1. The minimum atomic E-state index is -2.69. The molecule has 0 aliphatic carbocycles. The summed E-state index contributed by atoms with van der Waals surface area (Å²) in [5.41, 5.74) is 0.934. The van der Waals surface area contributed by atoms with Crippen LogP contribution in [0.3, 0.4) is 0 Å². The van der Waals surface area contributed by atoms with Crippen molar-refractivity contribution in [1.82, 2.24) is 24.3 Å². The molecule has 0 bridgehead atoms. The second kappa shape index (κ2) is 8.65. The van der Waals surface area contributed by atoms with Crippen molar-refractivity contribution in [3.8, 4) is 0 Å². The Labute approximate surface area is 173 Å². The van der Waals surface area contributed by atoms with Crippen LogP contribution >= 0.6 is 0 Å². The molecule has 1 aromatic carbocycles. The summed E-state index contributed by atoms with van der Waals surface area (Å²) in [5.74, 6) is -0.710. The zero-order chi connectivity index (χ0) is 21.3. The fraction of sp³-hybridized carbons (Fsp3) is 0.550. The van der Waals surface area contributed by atoms with E-state index >= 15 is 0 Å². The average molecular weight is 421 g/mol. The van der Waals surface area contributed by atoms with Gasteiger partial charge in [-0.25, -0.2) is 4.98 Å². The monoisotopic (exact) mass is 421 g/mol. The van der Waals surface area contributed by atoms with Gasteiger partial charge in [-0.1, -0.05) is 12.1 Å². The molecule has 162 valence electrons. The van der Waals surface area contributed by atoms with E-state index in [1.807, 2.05) is 11.8 Å². The SMILES string of the molecule is CC(c1nc2ccccc2n1C(F)F)N1CCN(C(=O)C(=O)N2CCOCC2)CC1. The number of nitrogens with zero attached hydrogens (tertiary/aromatic N) is 5. The highest BCUT2D eigenvalue weighted by molar-refractivity contribution is 6.34. The summed E-state index contributed by atoms with van der Waals surface area (Å²) in [6.45, 7) is 2.58. The number of morpholine rings is 1. The minimum absolute atomic E-state index is 0.301. The van der Waals surface area contributed by atoms with Crippen LogP contribution in [0.5, 0.6) is 0 Å². The van der Waals surface area contributed by atoms with E-state index in [2.05, 4.69) is 4.98 Å². The predicted molar refractivity (Wildman–Crippen MR) is 105 cm³/mol. The third-order valence-corrected chi connectivity index (χ3v) is 5.82. The Bertz CT molecular complexity index is 920. The number of para-hydroxylation sites is 2. The molecule has 10 heteroatoms. The van der Waals surface area contributed by atoms with Crippen LogP contribution in [0, 0.1) is 0 Å². The van der Waals surface area contributed by atoms with E-state index in [1.165, 1.54) is 9.80 Å². The van der Waals surface area contributed by atoms with E-state index < -0.39 is 18.4 Å². The maximum Gasteiger partial charge on any atom is 0.320 e. The molecule has 0 spiro atoms. The quantitative estimate of drug-likeness (QED) is 0.703. The Morgan fingerprint density at radius 3 is 2.20 bits per heavy atom. The van der Waals surface area contributed by atoms with E-state index in [0.717, 1.165) is 4.57 Å². The number of fused-ring (bicyclic) bond motifs is 1. The predicted octanol–water partition coefficient (Wildman–Crippen LogP) is 1.50. The number of rotatable bonds is 3. The lowest BCUT2D eigenvalue weighted by Gasteiger charge is -2.38. The van der Waals surface area contributed by atoms with E-state index in [-0.39, 0.29) is 6.04 Å². The molecular formula is C20H25F2N5O3. The minimum Gasteiger partial charge on any atom is -0.378 e. The van der Waals surface area contributed by atoms with Gasteiger partial charge in [-0.3, -0.25) is 19.1 Å². The molecule has 2 aromatic rings. The number of hydrogen-bond donors (Lipinski definition) is 0. The van der Waals surface area contributed by atoms with Crippen molar-refractivity contribution in [1.29, 1.82) is 0 Å². The summed E-state index contributed by atoms with van der Waals surface area (Å²) < 4.78 is 33.7. The van der Waals surface area contributed by atoms with Gasteiger partial charge in [0.15, 0.2) is 0 Å². The summed E-state index contributed by atoms with van der Waals surface area (Å²) in [5, 5.41) is 0. The molecule has 2 saturated heterocycles. The van der Waals surface area contributed by atoms with Crippen LogP contribution in [0.15, 0.2) is 24.3 Å². The molecule has 1 unspecified atom stereocenters. The Balaban J connectivity index is 1.43. The fourth-order valence-electron chi connectivity index (χ4n) is 4.08. The van der Waals surface area contributed by atoms with E-state index in [9.17, 15) is 18.4 Å². The first kappa shape index (κ1) is 20.7. The standard InChI is InChI=1S/C20H25F2N5O3/c1-14(17-23-15-4-2-3-5-16(15)27(17)20(21)22)24-6-8-25(9-7-24)18(28)19(29)26-10-12-30-13-11-26/h2-5,14,20H,6-13H2,1H3. The van der Waals surface area contributed by atoms with Gasteiger partial charge in [-0.05, 0) is 19.1 Å². The van der Waals surface area contributed by atoms with Gasteiger partial charge in [-0.2, -0.15) is 8.78 Å². The highest BCUT2D eigenvalue weighted by Crippen LogP contribution is 2.29. The van der Waals surface area contributed by atoms with Gasteiger partial charge in [0.25, 0.3) is 0 Å². The average Bonchev–Trinajstić information content (AvgIpc) is 3.18. The van der Waals surface area contributed by atoms with E-state index in [0.29, 0.717) is 69.3 Å². The second-order valence-electron chi connectivity index (χ2n) is 7.52. The Hall–Kier alpha value is -2.59. The zero-order valence-corrected chi connectivity index (χ0v) is 16.8. The zero-order valence-electron chi connectivity index (χ0n) is 16.8. The summed E-state index contributed by atoms with van der Waals surface area (Å²) >= 11 is 0. The van der Waals surface area contributed by atoms with Crippen LogP contribution in [0.2, 0.25) is 0 Å². The molecule has 1 atom stereocenters. The number of aromatic nitrogens is 2. The van der Waals surface area contributed by atoms with Gasteiger partial charge in [0.1, 0.15) is 5.82 Å². The molecular weight excluding hydrogens is 396 g/mol. The van der Waals surface area contributed by atoms with Crippen molar-refractivity contribution < 1.29 is 23.1 Å². The van der Waals surface area contributed by atoms with Gasteiger partial charge in [0, 0.05) is 39.3 Å². The van der Waals surface area contributed by atoms with Crippen LogP contribution in [0.4, 0.5) is 8.78 Å². The van der Waals surface area contributed by atoms with Crippen molar-refractivity contribution in [2.24, 2.45) is 0 Å². The van der Waals surface area contributed by atoms with Crippen molar-refractivity contribution in [3.63, 3.8) is 0 Å². The number of carbonyl (C=O) groups excluding carboxylic acids is 2. The Morgan fingerprint density at radius 1 is 0.967 bits per heavy atom. The second-order valence-corrected chi connectivity index (χ2v) is 7.52. The molecule has 0 saturated carbocycles. The molecule has 2 aliphatic rings. The molecule has 3 heterocycles. The highest BCUT2D eigenvalue weighted by atomic mass is 19.3. The maximum absolute atomic E-state index is 13.8. The first-order valence-electron chi connectivity index (χ1n) is 10.1. The number of carbonyl (C=O) groups is 2. The van der Waals surface area contributed by atoms with Gasteiger partial charge in [0.2, 0.25) is 0 Å². The number of halogens is 2. The summed E-state index contributed by atoms with van der Waals surface area (Å²) in [7, 11) is 0. The molecule has 0 N–H and O–H groups in total. The lowest BCUT2D eigenvalue weighted by atomic mass is 10.2. The number of amides is 2. The largest absolute Gasteiger partial charge is 0.378 e. The van der Waals surface area contributed by atoms with Gasteiger partial charge < -0.3 is 14.5 Å². The highest BCUT2D eigenvalue weighted by Gasteiger charge is 2.33. The number of alkyl halides is 2. The van der Waals surface area contributed by atoms with Gasteiger partial charge in [-0.15, -0.1) is 0 Å². The first-order chi connectivity index (χ1) is 14.5. The topological polar surface area (TPSA) is 70.9 Å². The summed E-state index contributed by atoms with van der Waals surface area (Å²) in [6, 6.07) is 6.50. The summed E-state index contributed by atoms with van der Waals surface area (Å²) in [4.78, 5) is 34.5. The third kappa shape index (κ3) is 3.89. The molecule has 1 aromatic heterocycles. The first-order valence-corrected chi connectivity index (χ1v) is 10.1. The van der Waals surface area contributed by atoms with Crippen molar-refractivity contribution in [2.45, 2.75) is 19.5 Å². The normalized spacial score (nSPS) is 19.5. The van der Waals surface area contributed by atoms with Gasteiger partial charge in [0.05, 0.1) is 30.3 Å². The van der Waals surface area contributed by atoms with Crippen molar-refractivity contribution >= 4 is 22.8 Å². The Morgan fingerprint density at radius 2 is 1.57 bits per heavy atom. The smallest absolute Gasteiger partial charge is 0.320 e. The molecule has 30 heavy (non-hydrogen) atoms. The molecule has 8 nitrogen and oxygen atoms in total. The number of imidazole rings is 1. The lowest BCUT2D eigenvalue weighted by molar-refractivity contribution is -0.155. The number of hydrogen-bond acceptors (Lipinski definition) is 5. The van der Waals surface area contributed by atoms with Crippen LogP contribution in [0.1, 0.15) is 25.3 Å².